The predicted octanol–water partition coefficient (Wildman–Crippen LogP) is 3.08. The van der Waals surface area contributed by atoms with E-state index >= 15 is 0 Å². The van der Waals surface area contributed by atoms with E-state index in [1.807, 2.05) is 0 Å². The average molecular weight is 429 g/mol. The fourth-order valence-corrected chi connectivity index (χ4v) is 3.28. The Hall–Kier alpha value is -3.60. The number of benzene rings is 2. The van der Waals surface area contributed by atoms with Gasteiger partial charge < -0.3 is 24.4 Å². The molecule has 4 rings (SSSR count). The zero-order valence-corrected chi connectivity index (χ0v) is 16.5. The lowest BCUT2D eigenvalue weighted by Gasteiger charge is -2.09. The summed E-state index contributed by atoms with van der Waals surface area (Å²) in [6, 6.07) is 10.6. The minimum Gasteiger partial charge on any atom is -0.484 e. The van der Waals surface area contributed by atoms with E-state index in [9.17, 15) is 14.0 Å². The first-order valence-corrected chi connectivity index (χ1v) is 9.74. The molecular weight excluding hydrogens is 413 g/mol. The number of imidazole rings is 1. The Morgan fingerprint density at radius 2 is 1.97 bits per heavy atom. The van der Waals surface area contributed by atoms with Crippen molar-refractivity contribution in [2.45, 2.75) is 24.0 Å². The number of nitrogens with zero attached hydrogens (tertiary/aromatic N) is 2. The minimum absolute atomic E-state index is 0.0225. The molecule has 0 aliphatic rings. The molecule has 11 heteroatoms. The molecule has 4 aromatic rings. The van der Waals surface area contributed by atoms with Crippen LogP contribution in [-0.4, -0.2) is 31.3 Å². The number of thioether (sulfide) groups is 1. The van der Waals surface area contributed by atoms with Crippen molar-refractivity contribution in [3.63, 3.8) is 0 Å². The smallest absolute Gasteiger partial charge is 0.323 e. The molecule has 9 nitrogen and oxygen atoms in total. The lowest BCUT2D eigenvalue weighted by atomic mass is 10.2. The lowest BCUT2D eigenvalue weighted by Crippen LogP contribution is -2.22. The normalized spacial score (nSPS) is 12.1. The van der Waals surface area contributed by atoms with E-state index in [0.29, 0.717) is 22.5 Å². The maximum atomic E-state index is 12.9. The van der Waals surface area contributed by atoms with Crippen LogP contribution in [0.25, 0.3) is 11.0 Å². The molecule has 1 atom stereocenters. The van der Waals surface area contributed by atoms with Crippen molar-refractivity contribution >= 4 is 34.4 Å². The van der Waals surface area contributed by atoms with Crippen LogP contribution in [0.4, 0.5) is 10.1 Å². The predicted molar refractivity (Wildman–Crippen MR) is 108 cm³/mol. The highest BCUT2D eigenvalue weighted by Crippen LogP contribution is 2.24. The summed E-state index contributed by atoms with van der Waals surface area (Å²) in [6.45, 7) is 1.73. The second kappa shape index (κ2) is 8.41. The van der Waals surface area contributed by atoms with Crippen molar-refractivity contribution in [3.8, 4) is 5.75 Å². The van der Waals surface area contributed by atoms with Crippen LogP contribution < -0.4 is 15.7 Å². The third-order valence-electron chi connectivity index (χ3n) is 4.05. The van der Waals surface area contributed by atoms with Crippen molar-refractivity contribution in [1.29, 1.82) is 0 Å². The number of hydrogen-bond donors (Lipinski definition) is 3. The number of carbonyl (C=O) groups is 1. The highest BCUT2D eigenvalue weighted by atomic mass is 32.2. The van der Waals surface area contributed by atoms with Gasteiger partial charge in [-0.3, -0.25) is 4.79 Å². The van der Waals surface area contributed by atoms with Crippen LogP contribution in [-0.2, 0) is 11.4 Å². The van der Waals surface area contributed by atoms with E-state index < -0.39 is 5.25 Å². The highest BCUT2D eigenvalue weighted by molar-refractivity contribution is 8.00. The summed E-state index contributed by atoms with van der Waals surface area (Å²) in [4.78, 5) is 29.1. The Morgan fingerprint density at radius 3 is 2.77 bits per heavy atom. The van der Waals surface area contributed by atoms with Gasteiger partial charge in [0.2, 0.25) is 5.91 Å². The molecule has 0 spiro atoms. The molecule has 154 valence electrons. The van der Waals surface area contributed by atoms with Crippen LogP contribution in [0.5, 0.6) is 5.75 Å². The van der Waals surface area contributed by atoms with Gasteiger partial charge in [-0.1, -0.05) is 11.8 Å². The van der Waals surface area contributed by atoms with Gasteiger partial charge in [-0.2, -0.15) is 0 Å². The number of fused-ring (bicyclic) bond motifs is 1. The Balaban J connectivity index is 1.32. The molecular formula is C19H16FN5O4S. The third-order valence-corrected chi connectivity index (χ3v) is 4.99. The van der Waals surface area contributed by atoms with Crippen LogP contribution >= 0.6 is 11.8 Å². The molecule has 0 radical (unpaired) electrons. The van der Waals surface area contributed by atoms with Crippen molar-refractivity contribution in [3.05, 3.63) is 64.7 Å². The number of rotatable bonds is 7. The van der Waals surface area contributed by atoms with Crippen molar-refractivity contribution in [2.24, 2.45) is 0 Å². The van der Waals surface area contributed by atoms with E-state index in [0.717, 1.165) is 11.8 Å². The summed E-state index contributed by atoms with van der Waals surface area (Å²) in [5.74, 6) is 0.0838. The number of hydrogen-bond acceptors (Lipinski definition) is 7. The molecule has 3 N–H and O–H groups in total. The fourth-order valence-electron chi connectivity index (χ4n) is 2.58. The molecule has 0 saturated heterocycles. The second-order valence-corrected chi connectivity index (χ2v) is 7.59. The van der Waals surface area contributed by atoms with Gasteiger partial charge in [-0.25, -0.2) is 9.18 Å². The monoisotopic (exact) mass is 429 g/mol. The summed E-state index contributed by atoms with van der Waals surface area (Å²) in [7, 11) is 0. The molecule has 2 heterocycles. The maximum absolute atomic E-state index is 12.9. The van der Waals surface area contributed by atoms with Gasteiger partial charge in [0.15, 0.2) is 6.61 Å². The molecule has 30 heavy (non-hydrogen) atoms. The Morgan fingerprint density at radius 1 is 1.20 bits per heavy atom. The first-order valence-electron chi connectivity index (χ1n) is 8.86. The molecule has 0 aliphatic heterocycles. The van der Waals surface area contributed by atoms with Gasteiger partial charge in [-0.15, -0.1) is 10.2 Å². The largest absolute Gasteiger partial charge is 0.484 e. The molecule has 0 unspecified atom stereocenters. The number of amides is 1. The molecule has 1 amide bonds. The van der Waals surface area contributed by atoms with Crippen LogP contribution in [0.2, 0.25) is 0 Å². The molecule has 0 saturated carbocycles. The first kappa shape index (κ1) is 19.7. The summed E-state index contributed by atoms with van der Waals surface area (Å²) < 4.78 is 23.8. The van der Waals surface area contributed by atoms with E-state index in [1.54, 1.807) is 25.1 Å². The van der Waals surface area contributed by atoms with E-state index in [2.05, 4.69) is 25.5 Å². The highest BCUT2D eigenvalue weighted by Gasteiger charge is 2.19. The van der Waals surface area contributed by atoms with Crippen LogP contribution in [0.1, 0.15) is 12.8 Å². The Labute approximate surface area is 173 Å². The number of carbonyl (C=O) groups excluding carboxylic acids is 1. The van der Waals surface area contributed by atoms with Crippen molar-refractivity contribution in [1.82, 2.24) is 20.2 Å². The van der Waals surface area contributed by atoms with E-state index in [-0.39, 0.29) is 35.1 Å². The molecule has 0 fully saturated rings. The number of anilines is 1. The van der Waals surface area contributed by atoms with Gasteiger partial charge in [0.1, 0.15) is 11.6 Å². The van der Waals surface area contributed by atoms with Gasteiger partial charge in [0, 0.05) is 5.69 Å². The third kappa shape index (κ3) is 4.69. The number of H-pyrrole nitrogens is 2. The quantitative estimate of drug-likeness (QED) is 0.385. The molecule has 0 bridgehead atoms. The fraction of sp³-hybridized carbons (Fsp3) is 0.158. The van der Waals surface area contributed by atoms with E-state index in [1.165, 1.54) is 24.3 Å². The maximum Gasteiger partial charge on any atom is 0.323 e. The number of halogens is 1. The lowest BCUT2D eigenvalue weighted by molar-refractivity contribution is -0.115. The number of aromatic amines is 2. The van der Waals surface area contributed by atoms with Crippen molar-refractivity contribution < 1.29 is 18.3 Å². The number of nitrogens with one attached hydrogen (secondary N) is 3. The Kier molecular flexibility index (Phi) is 5.53. The number of aromatic nitrogens is 4. The van der Waals surface area contributed by atoms with Crippen LogP contribution in [0.3, 0.4) is 0 Å². The minimum atomic E-state index is -0.516. The van der Waals surface area contributed by atoms with E-state index in [4.69, 9.17) is 9.15 Å². The van der Waals surface area contributed by atoms with Gasteiger partial charge in [0.25, 0.3) is 11.1 Å². The van der Waals surface area contributed by atoms with Crippen molar-refractivity contribution in [2.75, 3.05) is 5.32 Å². The second-order valence-electron chi connectivity index (χ2n) is 6.29. The molecule has 0 aliphatic carbocycles. The standard InChI is InChI=1S/C19H16FN5O4S/c1-10(17(26)21-12-4-7-14-15(8-12)23-18(27)22-14)30-19-25-24-16(29-19)9-28-13-5-2-11(20)3-6-13/h2-8,10H,9H2,1H3,(H,21,26)(H2,22,23,27)/t10-/m1/s1. The van der Waals surface area contributed by atoms with Gasteiger partial charge in [-0.05, 0) is 49.4 Å². The summed E-state index contributed by atoms with van der Waals surface area (Å²) in [5.41, 5.74) is 1.49. The summed E-state index contributed by atoms with van der Waals surface area (Å²) in [5, 5.41) is 10.3. The zero-order chi connectivity index (χ0) is 21.1. The Bertz CT molecular complexity index is 1230. The summed E-state index contributed by atoms with van der Waals surface area (Å²) in [6.07, 6.45) is 0. The average Bonchev–Trinajstić information content (AvgIpc) is 3.32. The molecule has 2 aromatic carbocycles. The first-order chi connectivity index (χ1) is 14.5. The van der Waals surface area contributed by atoms with Crippen LogP contribution in [0, 0.1) is 5.82 Å². The van der Waals surface area contributed by atoms with Gasteiger partial charge in [0.05, 0.1) is 16.3 Å². The van der Waals surface area contributed by atoms with Gasteiger partial charge >= 0.3 is 5.69 Å². The zero-order valence-electron chi connectivity index (χ0n) is 15.6. The topological polar surface area (TPSA) is 126 Å². The summed E-state index contributed by atoms with van der Waals surface area (Å²) >= 11 is 1.10. The number of ether oxygens (including phenoxy) is 1. The van der Waals surface area contributed by atoms with Crippen LogP contribution in [0.15, 0.2) is 56.9 Å². The SMILES string of the molecule is C[C@@H](Sc1nnc(COc2ccc(F)cc2)o1)C(=O)Nc1ccc2[nH]c(=O)[nH]c2c1. The molecule has 2 aromatic heterocycles.